The monoisotopic (exact) mass is 845 g/mol. The number of carbonyl (C=O) groups excluding carboxylic acids is 1. The standard InChI is InChI=1S/C26H39NO3.C20H35NO2.C6H6O2/c1-17-8-9-22-21(15-27-24(30)18-6-4-5-7-18)23(11-13-25(17,22)2)26(3)12-10-20(29)14-19(26)16-28;1-13-4-5-17-16(11-21)18(7-9-19(13,17)2)20(3)8-6-15(23)10-14(20)12-22;7-6(8)5-3-1-2-4-5/h4-6,19-23,28-29H,1,7-16H2,2-3H3,(H,27,30);14-18,22-23H,1,4-12,21H2,2-3H3;1-3H,4H2,(H,7,8)/t19-,20+,21+,22+,23+,25-,26+;14-,15+,16+,17+,18+,19-,20+;/m11./s1. The van der Waals surface area contributed by atoms with Gasteiger partial charge in [0.25, 0.3) is 0 Å². The van der Waals surface area contributed by atoms with E-state index in [0.29, 0.717) is 60.5 Å². The molecule has 0 unspecified atom stereocenters. The van der Waals surface area contributed by atoms with Crippen molar-refractivity contribution >= 4 is 11.9 Å². The Balaban J connectivity index is 0.000000177. The van der Waals surface area contributed by atoms with E-state index in [-0.39, 0.29) is 64.8 Å². The number of allylic oxidation sites excluding steroid dienone is 8. The number of rotatable bonds is 9. The fourth-order valence-electron chi connectivity index (χ4n) is 14.5. The van der Waals surface area contributed by atoms with Crippen LogP contribution in [0.5, 0.6) is 0 Å². The largest absolute Gasteiger partial charge is 0.478 e. The number of fused-ring (bicyclic) bond motifs is 2. The lowest BCUT2D eigenvalue weighted by molar-refractivity contribution is -0.132. The van der Waals surface area contributed by atoms with Crippen LogP contribution in [-0.4, -0.2) is 75.9 Å². The summed E-state index contributed by atoms with van der Waals surface area (Å²) in [6.45, 7) is 20.0. The molecule has 8 aliphatic carbocycles. The van der Waals surface area contributed by atoms with Crippen molar-refractivity contribution in [3.05, 3.63) is 71.9 Å². The molecule has 0 aromatic heterocycles. The second kappa shape index (κ2) is 19.5. The van der Waals surface area contributed by atoms with Gasteiger partial charge in [-0.05, 0) is 178 Å². The fraction of sp³-hybridized carbons (Fsp3) is 0.731. The number of amides is 1. The van der Waals surface area contributed by atoms with E-state index in [1.807, 2.05) is 24.3 Å². The van der Waals surface area contributed by atoms with E-state index in [9.17, 15) is 30.0 Å². The maximum absolute atomic E-state index is 12.7. The van der Waals surface area contributed by atoms with Gasteiger partial charge in [-0.15, -0.1) is 0 Å². The predicted octanol–water partition coefficient (Wildman–Crippen LogP) is 8.21. The molecule has 8 aliphatic rings. The van der Waals surface area contributed by atoms with Crippen LogP contribution in [0.1, 0.15) is 130 Å². The van der Waals surface area contributed by atoms with Gasteiger partial charge in [-0.1, -0.05) is 88.5 Å². The maximum atomic E-state index is 12.7. The van der Waals surface area contributed by atoms with Gasteiger partial charge in [0.05, 0.1) is 12.2 Å². The molecule has 0 radical (unpaired) electrons. The third kappa shape index (κ3) is 9.39. The predicted molar refractivity (Wildman–Crippen MR) is 243 cm³/mol. The van der Waals surface area contributed by atoms with Gasteiger partial charge in [-0.3, -0.25) is 4.79 Å². The number of aliphatic hydroxyl groups is 4. The van der Waals surface area contributed by atoms with Crippen LogP contribution in [0.4, 0.5) is 0 Å². The highest BCUT2D eigenvalue weighted by Crippen LogP contribution is 2.65. The van der Waals surface area contributed by atoms with Crippen molar-refractivity contribution < 1.29 is 35.1 Å². The van der Waals surface area contributed by atoms with Crippen molar-refractivity contribution in [1.82, 2.24) is 5.32 Å². The van der Waals surface area contributed by atoms with E-state index in [1.165, 1.54) is 30.4 Å². The first-order valence-corrected chi connectivity index (χ1v) is 23.8. The van der Waals surface area contributed by atoms with Crippen molar-refractivity contribution in [3.8, 4) is 0 Å². The first kappa shape index (κ1) is 47.7. The molecule has 0 spiro atoms. The molecule has 340 valence electrons. The molecule has 0 saturated heterocycles. The third-order valence-corrected chi connectivity index (χ3v) is 18.8. The van der Waals surface area contributed by atoms with Gasteiger partial charge in [0.2, 0.25) is 5.91 Å². The number of hydrogen-bond donors (Lipinski definition) is 7. The average Bonchev–Trinajstić information content (AvgIpc) is 4.08. The van der Waals surface area contributed by atoms with Crippen LogP contribution in [-0.2, 0) is 9.59 Å². The molecule has 8 N–H and O–H groups in total. The molecule has 0 aromatic carbocycles. The van der Waals surface area contributed by atoms with Gasteiger partial charge in [0, 0.05) is 30.9 Å². The summed E-state index contributed by atoms with van der Waals surface area (Å²) in [5.74, 6) is 2.70. The Morgan fingerprint density at radius 1 is 0.689 bits per heavy atom. The van der Waals surface area contributed by atoms with Crippen LogP contribution in [0.15, 0.2) is 71.9 Å². The van der Waals surface area contributed by atoms with E-state index in [1.54, 1.807) is 12.2 Å². The normalized spacial score (nSPS) is 42.6. The lowest BCUT2D eigenvalue weighted by Gasteiger charge is -2.56. The highest BCUT2D eigenvalue weighted by atomic mass is 16.4. The van der Waals surface area contributed by atoms with Crippen LogP contribution >= 0.6 is 0 Å². The highest BCUT2D eigenvalue weighted by Gasteiger charge is 2.58. The summed E-state index contributed by atoms with van der Waals surface area (Å²) >= 11 is 0. The van der Waals surface area contributed by atoms with E-state index in [0.717, 1.165) is 82.7 Å². The molecule has 1 amide bonds. The molecule has 0 aliphatic heterocycles. The minimum Gasteiger partial charge on any atom is -0.478 e. The summed E-state index contributed by atoms with van der Waals surface area (Å²) in [5, 5.41) is 52.0. The van der Waals surface area contributed by atoms with Crippen LogP contribution in [0.2, 0.25) is 0 Å². The first-order valence-electron chi connectivity index (χ1n) is 23.8. The van der Waals surface area contributed by atoms with E-state index in [2.05, 4.69) is 46.2 Å². The number of aliphatic hydroxyl groups excluding tert-OH is 4. The molecule has 8 rings (SSSR count). The maximum Gasteiger partial charge on any atom is 0.331 e. The fourth-order valence-corrected chi connectivity index (χ4v) is 14.5. The molecule has 9 nitrogen and oxygen atoms in total. The molecule has 0 aromatic rings. The molecule has 61 heavy (non-hydrogen) atoms. The van der Waals surface area contributed by atoms with Crippen molar-refractivity contribution in [3.63, 3.8) is 0 Å². The Hall–Kier alpha value is -2.82. The zero-order valence-electron chi connectivity index (χ0n) is 37.9. The lowest BCUT2D eigenvalue weighted by Crippen LogP contribution is -2.53. The second-order valence-corrected chi connectivity index (χ2v) is 21.5. The smallest absolute Gasteiger partial charge is 0.331 e. The molecular formula is C52H80N2O7. The molecule has 0 heterocycles. The Kier molecular flexibility index (Phi) is 15.2. The number of nitrogens with two attached hydrogens (primary N) is 1. The molecule has 9 heteroatoms. The van der Waals surface area contributed by atoms with Gasteiger partial charge >= 0.3 is 5.97 Å². The minimum absolute atomic E-state index is 0.00279. The average molecular weight is 845 g/mol. The summed E-state index contributed by atoms with van der Waals surface area (Å²) in [6.07, 6.45) is 26.2. The van der Waals surface area contributed by atoms with Crippen LogP contribution < -0.4 is 11.1 Å². The Morgan fingerprint density at radius 3 is 1.56 bits per heavy atom. The molecule has 6 fully saturated rings. The van der Waals surface area contributed by atoms with Crippen molar-refractivity contribution in [2.24, 2.45) is 74.7 Å². The highest BCUT2D eigenvalue weighted by molar-refractivity contribution is 5.94. The SMILES string of the molecule is C=C1CC[C@H]2[C@H](CN)[C@@H]([C@@]3(C)CC[C@H](O)C[C@@H]3CO)CC[C@]12C.C=C1CC[C@H]2[C@H](CNC(=O)C3=CC=CC3)[C@@H]([C@@]3(C)CC[C@H](O)C[C@@H]3CO)CC[C@]12C.O=C(O)C1=CC=CC1. The number of carboxylic acid groups (broad SMARTS) is 1. The van der Waals surface area contributed by atoms with Gasteiger partial charge in [0.1, 0.15) is 0 Å². The summed E-state index contributed by atoms with van der Waals surface area (Å²) in [7, 11) is 0. The summed E-state index contributed by atoms with van der Waals surface area (Å²) < 4.78 is 0. The van der Waals surface area contributed by atoms with Crippen LogP contribution in [0.25, 0.3) is 0 Å². The number of carbonyl (C=O) groups is 2. The molecule has 0 bridgehead atoms. The van der Waals surface area contributed by atoms with Crippen molar-refractivity contribution in [2.75, 3.05) is 26.3 Å². The zero-order valence-corrected chi connectivity index (χ0v) is 37.9. The first-order chi connectivity index (χ1) is 29.0. The van der Waals surface area contributed by atoms with Gasteiger partial charge in [-0.25, -0.2) is 4.79 Å². The summed E-state index contributed by atoms with van der Waals surface area (Å²) in [4.78, 5) is 22.8. The Labute approximate surface area is 366 Å². The molecular weight excluding hydrogens is 765 g/mol. The van der Waals surface area contributed by atoms with Crippen LogP contribution in [0.3, 0.4) is 0 Å². The van der Waals surface area contributed by atoms with Crippen LogP contribution in [0, 0.1) is 69.0 Å². The van der Waals surface area contributed by atoms with Crippen molar-refractivity contribution in [1.29, 1.82) is 0 Å². The number of carboxylic acids is 1. The molecule has 14 atom stereocenters. The topological polar surface area (TPSA) is 173 Å². The number of nitrogens with one attached hydrogen (secondary N) is 1. The van der Waals surface area contributed by atoms with Gasteiger partial charge < -0.3 is 36.6 Å². The Bertz CT molecular complexity index is 1750. The van der Waals surface area contributed by atoms with Crippen molar-refractivity contribution in [2.45, 2.75) is 143 Å². The number of aliphatic carboxylic acids is 1. The minimum atomic E-state index is -0.810. The Morgan fingerprint density at radius 2 is 1.15 bits per heavy atom. The van der Waals surface area contributed by atoms with E-state index < -0.39 is 5.97 Å². The lowest BCUT2D eigenvalue weighted by atomic mass is 9.49. The summed E-state index contributed by atoms with van der Waals surface area (Å²) in [5.41, 5.74) is 11.0. The van der Waals surface area contributed by atoms with Gasteiger partial charge in [-0.2, -0.15) is 0 Å². The molecule has 6 saturated carbocycles. The van der Waals surface area contributed by atoms with E-state index in [4.69, 9.17) is 10.8 Å². The number of hydrogen-bond acceptors (Lipinski definition) is 7. The third-order valence-electron chi connectivity index (χ3n) is 18.8. The quantitative estimate of drug-likeness (QED) is 0.114. The van der Waals surface area contributed by atoms with E-state index >= 15 is 0 Å². The summed E-state index contributed by atoms with van der Waals surface area (Å²) in [6, 6.07) is 0. The van der Waals surface area contributed by atoms with Gasteiger partial charge in [0.15, 0.2) is 0 Å². The second-order valence-electron chi connectivity index (χ2n) is 21.5. The zero-order chi connectivity index (χ0) is 44.3.